The van der Waals surface area contributed by atoms with Crippen LogP contribution in [0.25, 0.3) is 28.3 Å². The molecule has 0 atom stereocenters. The van der Waals surface area contributed by atoms with E-state index in [-0.39, 0.29) is 17.5 Å². The molecule has 0 saturated carbocycles. The van der Waals surface area contributed by atoms with E-state index in [1.165, 1.54) is 30.1 Å². The Labute approximate surface area is 155 Å². The molecular formula is C17H11F3N6O2. The molecular weight excluding hydrogens is 377 g/mol. The van der Waals surface area contributed by atoms with Crippen LogP contribution in [0.2, 0.25) is 0 Å². The molecule has 0 radical (unpaired) electrons. The average Bonchev–Trinajstić information content (AvgIpc) is 3.32. The van der Waals surface area contributed by atoms with Gasteiger partial charge in [-0.05, 0) is 36.4 Å². The first-order valence-electron chi connectivity index (χ1n) is 7.96. The summed E-state index contributed by atoms with van der Waals surface area (Å²) >= 11 is 0. The van der Waals surface area contributed by atoms with Crippen LogP contribution in [0.4, 0.5) is 13.2 Å². The van der Waals surface area contributed by atoms with Crippen LogP contribution in [0.5, 0.6) is 0 Å². The highest BCUT2D eigenvalue weighted by Gasteiger charge is 2.30. The van der Waals surface area contributed by atoms with Crippen molar-refractivity contribution in [2.45, 2.75) is 6.18 Å². The lowest BCUT2D eigenvalue weighted by atomic mass is 10.2. The van der Waals surface area contributed by atoms with E-state index in [0.717, 1.165) is 12.1 Å². The summed E-state index contributed by atoms with van der Waals surface area (Å²) in [5.41, 5.74) is 0.240. The highest BCUT2D eigenvalue weighted by Crippen LogP contribution is 2.31. The number of alkyl halides is 3. The van der Waals surface area contributed by atoms with Crippen molar-refractivity contribution >= 4 is 16.9 Å². The molecule has 1 amide bonds. The molecule has 0 fully saturated rings. The Morgan fingerprint density at radius 1 is 1.14 bits per heavy atom. The lowest BCUT2D eigenvalue weighted by molar-refractivity contribution is -0.137. The maximum atomic E-state index is 12.8. The summed E-state index contributed by atoms with van der Waals surface area (Å²) in [5, 5.41) is 14.8. The number of fused-ring (bicyclic) bond motifs is 1. The molecule has 0 spiro atoms. The number of hydrogen-bond donors (Lipinski definition) is 1. The molecule has 4 rings (SSSR count). The minimum Gasteiger partial charge on any atom is -0.411 e. The molecule has 0 aliphatic heterocycles. The fraction of sp³-hybridized carbons (Fsp3) is 0.118. The summed E-state index contributed by atoms with van der Waals surface area (Å²) in [5.74, 6) is -0.802. The van der Waals surface area contributed by atoms with E-state index < -0.39 is 17.6 Å². The van der Waals surface area contributed by atoms with Crippen molar-refractivity contribution in [3.8, 4) is 17.3 Å². The monoisotopic (exact) mass is 388 g/mol. The third-order valence-electron chi connectivity index (χ3n) is 3.93. The SMILES string of the molecule is CNC(=O)c1nnc(-c2nn(-c3ccc(C(F)(F)F)cc3)c3ncccc23)o1. The van der Waals surface area contributed by atoms with E-state index in [4.69, 9.17) is 4.42 Å². The Balaban J connectivity index is 1.83. The first kappa shape index (κ1) is 17.6. The van der Waals surface area contributed by atoms with Gasteiger partial charge in [-0.1, -0.05) is 0 Å². The predicted molar refractivity (Wildman–Crippen MR) is 90.5 cm³/mol. The molecule has 0 aliphatic rings. The number of nitrogens with one attached hydrogen (secondary N) is 1. The van der Waals surface area contributed by atoms with Gasteiger partial charge in [-0.25, -0.2) is 9.67 Å². The van der Waals surface area contributed by atoms with Gasteiger partial charge < -0.3 is 9.73 Å². The van der Waals surface area contributed by atoms with Gasteiger partial charge in [0.15, 0.2) is 11.3 Å². The second kappa shape index (κ2) is 6.44. The maximum absolute atomic E-state index is 12.8. The second-order valence-corrected chi connectivity index (χ2v) is 5.67. The van der Waals surface area contributed by atoms with Gasteiger partial charge in [0.25, 0.3) is 5.89 Å². The zero-order valence-corrected chi connectivity index (χ0v) is 14.2. The van der Waals surface area contributed by atoms with Crippen molar-refractivity contribution in [1.82, 2.24) is 30.3 Å². The molecule has 1 aromatic carbocycles. The number of carbonyl (C=O) groups excluding carboxylic acids is 1. The zero-order chi connectivity index (χ0) is 19.9. The van der Waals surface area contributed by atoms with Gasteiger partial charge in [0.1, 0.15) is 0 Å². The number of pyridine rings is 1. The third kappa shape index (κ3) is 2.96. The first-order valence-corrected chi connectivity index (χ1v) is 7.96. The maximum Gasteiger partial charge on any atom is 0.416 e. The summed E-state index contributed by atoms with van der Waals surface area (Å²) in [6.45, 7) is 0. The lowest BCUT2D eigenvalue weighted by Crippen LogP contribution is -2.17. The summed E-state index contributed by atoms with van der Waals surface area (Å²) in [7, 11) is 1.42. The summed E-state index contributed by atoms with van der Waals surface area (Å²) in [6.07, 6.45) is -2.91. The number of amides is 1. The van der Waals surface area contributed by atoms with Crippen molar-refractivity contribution in [2.24, 2.45) is 0 Å². The molecule has 3 aromatic heterocycles. The van der Waals surface area contributed by atoms with Gasteiger partial charge in [-0.15, -0.1) is 10.2 Å². The number of benzene rings is 1. The Morgan fingerprint density at radius 3 is 2.57 bits per heavy atom. The second-order valence-electron chi connectivity index (χ2n) is 5.67. The number of aromatic nitrogens is 5. The minimum absolute atomic E-state index is 0.0118. The topological polar surface area (TPSA) is 98.7 Å². The normalized spacial score (nSPS) is 11.7. The molecule has 11 heteroatoms. The van der Waals surface area contributed by atoms with Crippen molar-refractivity contribution in [3.63, 3.8) is 0 Å². The Bertz CT molecular complexity index is 1160. The van der Waals surface area contributed by atoms with Crippen LogP contribution in [-0.4, -0.2) is 37.9 Å². The van der Waals surface area contributed by atoms with Gasteiger partial charge in [0, 0.05) is 13.2 Å². The van der Waals surface area contributed by atoms with Crippen molar-refractivity contribution in [2.75, 3.05) is 7.05 Å². The molecule has 0 bridgehead atoms. The molecule has 8 nitrogen and oxygen atoms in total. The Morgan fingerprint density at radius 2 is 1.89 bits per heavy atom. The quantitative estimate of drug-likeness (QED) is 0.580. The van der Waals surface area contributed by atoms with Gasteiger partial charge in [0.05, 0.1) is 16.6 Å². The van der Waals surface area contributed by atoms with Gasteiger partial charge in [0.2, 0.25) is 0 Å². The number of halogens is 3. The van der Waals surface area contributed by atoms with E-state index in [2.05, 4.69) is 25.6 Å². The van der Waals surface area contributed by atoms with Crippen LogP contribution in [0.3, 0.4) is 0 Å². The summed E-state index contributed by atoms with van der Waals surface area (Å²) in [6, 6.07) is 7.87. The highest BCUT2D eigenvalue weighted by molar-refractivity contribution is 5.91. The molecule has 4 aromatic rings. The molecule has 142 valence electrons. The molecule has 0 unspecified atom stereocenters. The van der Waals surface area contributed by atoms with Gasteiger partial charge in [-0.3, -0.25) is 4.79 Å². The first-order chi connectivity index (χ1) is 13.4. The van der Waals surface area contributed by atoms with E-state index >= 15 is 0 Å². The molecule has 28 heavy (non-hydrogen) atoms. The fourth-order valence-corrected chi connectivity index (χ4v) is 2.60. The van der Waals surface area contributed by atoms with E-state index in [1.54, 1.807) is 12.1 Å². The smallest absolute Gasteiger partial charge is 0.411 e. The minimum atomic E-state index is -4.44. The average molecular weight is 388 g/mol. The van der Waals surface area contributed by atoms with Crippen molar-refractivity contribution in [3.05, 3.63) is 54.0 Å². The van der Waals surface area contributed by atoms with E-state index in [9.17, 15) is 18.0 Å². The Kier molecular flexibility index (Phi) is 4.06. The number of rotatable bonds is 3. The van der Waals surface area contributed by atoms with Crippen molar-refractivity contribution < 1.29 is 22.4 Å². The number of nitrogens with zero attached hydrogens (tertiary/aromatic N) is 5. The summed E-state index contributed by atoms with van der Waals surface area (Å²) < 4.78 is 45.1. The van der Waals surface area contributed by atoms with E-state index in [1.807, 2.05) is 0 Å². The largest absolute Gasteiger partial charge is 0.416 e. The van der Waals surface area contributed by atoms with Crippen LogP contribution in [0.15, 0.2) is 47.0 Å². The van der Waals surface area contributed by atoms with Crippen LogP contribution in [0, 0.1) is 0 Å². The molecule has 3 heterocycles. The fourth-order valence-electron chi connectivity index (χ4n) is 2.60. The van der Waals surface area contributed by atoms with E-state index in [0.29, 0.717) is 16.7 Å². The molecule has 0 aliphatic carbocycles. The van der Waals surface area contributed by atoms with Crippen LogP contribution >= 0.6 is 0 Å². The summed E-state index contributed by atoms with van der Waals surface area (Å²) in [4.78, 5) is 15.9. The van der Waals surface area contributed by atoms with Gasteiger partial charge >= 0.3 is 18.0 Å². The van der Waals surface area contributed by atoms with Crippen LogP contribution in [-0.2, 0) is 6.18 Å². The number of hydrogen-bond acceptors (Lipinski definition) is 6. The zero-order valence-electron chi connectivity index (χ0n) is 14.2. The van der Waals surface area contributed by atoms with Crippen LogP contribution in [0.1, 0.15) is 16.2 Å². The van der Waals surface area contributed by atoms with Crippen molar-refractivity contribution in [1.29, 1.82) is 0 Å². The molecule has 1 N–H and O–H groups in total. The third-order valence-corrected chi connectivity index (χ3v) is 3.93. The Hall–Kier alpha value is -3.76. The lowest BCUT2D eigenvalue weighted by Gasteiger charge is -2.08. The standard InChI is InChI=1S/C17H11F3N6O2/c1-21-14(27)16-24-23-15(28-16)12-11-3-2-8-22-13(11)26(25-12)10-6-4-9(5-7-10)17(18,19)20/h2-8H,1H3,(H,21,27). The van der Waals surface area contributed by atoms with Gasteiger partial charge in [-0.2, -0.15) is 18.3 Å². The molecule has 0 saturated heterocycles. The van der Waals surface area contributed by atoms with Crippen LogP contribution < -0.4 is 5.32 Å². The predicted octanol–water partition coefficient (Wildman–Crippen LogP) is 2.85. The highest BCUT2D eigenvalue weighted by atomic mass is 19.4. The number of carbonyl (C=O) groups is 1.